The van der Waals surface area contributed by atoms with E-state index in [0.29, 0.717) is 24.2 Å². The van der Waals surface area contributed by atoms with E-state index in [0.717, 1.165) is 24.8 Å². The molecule has 2 heterocycles. The molecule has 8 heteroatoms. The Labute approximate surface area is 157 Å². The van der Waals surface area contributed by atoms with Gasteiger partial charge in [-0.3, -0.25) is 9.69 Å². The van der Waals surface area contributed by atoms with E-state index < -0.39 is 5.82 Å². The van der Waals surface area contributed by atoms with Crippen LogP contribution in [0.3, 0.4) is 0 Å². The van der Waals surface area contributed by atoms with Gasteiger partial charge in [0.2, 0.25) is 6.20 Å². The SMILES string of the molecule is CC(CNc1cc[n+]([O-])nc1)N1CCC(C(=O)c2ccc(F)cc2O)CC1. The Bertz CT molecular complexity index is 792. The van der Waals surface area contributed by atoms with Crippen molar-refractivity contribution in [2.24, 2.45) is 5.92 Å². The number of benzene rings is 1. The van der Waals surface area contributed by atoms with E-state index in [-0.39, 0.29) is 29.1 Å². The first-order valence-corrected chi connectivity index (χ1v) is 9.00. The number of anilines is 1. The van der Waals surface area contributed by atoms with Gasteiger partial charge in [-0.25, -0.2) is 4.39 Å². The Hall–Kier alpha value is -2.74. The second-order valence-electron chi connectivity index (χ2n) is 6.88. The molecule has 0 radical (unpaired) electrons. The lowest BCUT2D eigenvalue weighted by atomic mass is 9.88. The summed E-state index contributed by atoms with van der Waals surface area (Å²) in [7, 11) is 0. The number of nitrogens with one attached hydrogen (secondary N) is 1. The molecule has 1 saturated heterocycles. The van der Waals surface area contributed by atoms with Crippen molar-refractivity contribution in [3.8, 4) is 5.75 Å². The number of aromatic hydroxyl groups is 1. The monoisotopic (exact) mass is 374 g/mol. The number of phenolic OH excluding ortho intramolecular Hbond substituents is 1. The second kappa shape index (κ2) is 8.30. The van der Waals surface area contributed by atoms with Crippen molar-refractivity contribution in [1.29, 1.82) is 0 Å². The lowest BCUT2D eigenvalue weighted by Crippen LogP contribution is -2.44. The van der Waals surface area contributed by atoms with E-state index in [9.17, 15) is 19.5 Å². The molecule has 0 spiro atoms. The number of rotatable bonds is 6. The average molecular weight is 374 g/mol. The Kier molecular flexibility index (Phi) is 5.85. The van der Waals surface area contributed by atoms with Gasteiger partial charge in [0.05, 0.1) is 11.3 Å². The molecule has 7 nitrogen and oxygen atoms in total. The molecular weight excluding hydrogens is 351 g/mol. The van der Waals surface area contributed by atoms with Gasteiger partial charge in [-0.15, -0.1) is 0 Å². The minimum Gasteiger partial charge on any atom is -0.594 e. The van der Waals surface area contributed by atoms with Crippen LogP contribution in [0.25, 0.3) is 0 Å². The van der Waals surface area contributed by atoms with Crippen LogP contribution in [-0.4, -0.2) is 46.6 Å². The van der Waals surface area contributed by atoms with E-state index in [4.69, 9.17) is 0 Å². The number of carbonyl (C=O) groups is 1. The molecular formula is C19H23FN4O3. The average Bonchev–Trinajstić information content (AvgIpc) is 2.67. The first-order valence-electron chi connectivity index (χ1n) is 9.00. The van der Waals surface area contributed by atoms with Crippen molar-refractivity contribution in [3.63, 3.8) is 0 Å². The zero-order valence-corrected chi connectivity index (χ0v) is 15.1. The van der Waals surface area contributed by atoms with Crippen molar-refractivity contribution in [1.82, 2.24) is 10.00 Å². The number of halogens is 1. The maximum atomic E-state index is 13.1. The molecule has 1 aliphatic rings. The first kappa shape index (κ1) is 19.0. The predicted molar refractivity (Wildman–Crippen MR) is 97.8 cm³/mol. The summed E-state index contributed by atoms with van der Waals surface area (Å²) in [5, 5.41) is 27.7. The minimum absolute atomic E-state index is 0.126. The first-order chi connectivity index (χ1) is 12.9. The molecule has 2 aromatic rings. The minimum atomic E-state index is -0.557. The van der Waals surface area contributed by atoms with Crippen LogP contribution in [0.15, 0.2) is 36.7 Å². The zero-order chi connectivity index (χ0) is 19.4. The topological polar surface area (TPSA) is 92.4 Å². The van der Waals surface area contributed by atoms with Crippen LogP contribution in [-0.2, 0) is 0 Å². The summed E-state index contributed by atoms with van der Waals surface area (Å²) >= 11 is 0. The van der Waals surface area contributed by atoms with Crippen LogP contribution in [0.1, 0.15) is 30.1 Å². The van der Waals surface area contributed by atoms with Gasteiger partial charge in [0.25, 0.3) is 0 Å². The highest BCUT2D eigenvalue weighted by Gasteiger charge is 2.29. The highest BCUT2D eigenvalue weighted by molar-refractivity contribution is 6.00. The summed E-state index contributed by atoms with van der Waals surface area (Å²) < 4.78 is 13.1. The molecule has 0 saturated carbocycles. The summed E-state index contributed by atoms with van der Waals surface area (Å²) in [4.78, 5) is 15.4. The molecule has 27 heavy (non-hydrogen) atoms. The highest BCUT2D eigenvalue weighted by Crippen LogP contribution is 2.27. The van der Waals surface area contributed by atoms with E-state index in [2.05, 4.69) is 22.2 Å². The van der Waals surface area contributed by atoms with Crippen molar-refractivity contribution in [3.05, 3.63) is 53.2 Å². The maximum absolute atomic E-state index is 13.1. The number of phenols is 1. The van der Waals surface area contributed by atoms with E-state index in [1.807, 2.05) is 0 Å². The Balaban J connectivity index is 1.50. The molecule has 1 fully saturated rings. The van der Waals surface area contributed by atoms with Gasteiger partial charge in [-0.05, 0) is 45.0 Å². The Morgan fingerprint density at radius 3 is 2.81 bits per heavy atom. The molecule has 1 aromatic heterocycles. The number of carbonyl (C=O) groups excluding carboxylic acids is 1. The standard InChI is InChI=1S/C19H23FN4O3/c1-13(11-21-16-6-9-24(27)22-12-16)23-7-4-14(5-8-23)19(26)17-3-2-15(20)10-18(17)25/h2-3,6,9-10,12-14,21,25H,4-5,7-8,11H2,1H3. The molecule has 3 rings (SSSR count). The third-order valence-electron chi connectivity index (χ3n) is 5.04. The highest BCUT2D eigenvalue weighted by atomic mass is 19.1. The molecule has 1 aromatic carbocycles. The summed E-state index contributed by atoms with van der Waals surface area (Å²) in [6.07, 6.45) is 4.22. The van der Waals surface area contributed by atoms with Gasteiger partial charge in [0, 0.05) is 35.7 Å². The lowest BCUT2D eigenvalue weighted by molar-refractivity contribution is -0.669. The van der Waals surface area contributed by atoms with Gasteiger partial charge < -0.3 is 15.6 Å². The van der Waals surface area contributed by atoms with E-state index >= 15 is 0 Å². The fourth-order valence-electron chi connectivity index (χ4n) is 3.38. The van der Waals surface area contributed by atoms with Crippen LogP contribution in [0, 0.1) is 16.9 Å². The zero-order valence-electron chi connectivity index (χ0n) is 15.1. The lowest BCUT2D eigenvalue weighted by Gasteiger charge is -2.35. The van der Waals surface area contributed by atoms with Crippen LogP contribution in [0.2, 0.25) is 0 Å². The van der Waals surface area contributed by atoms with Gasteiger partial charge in [0.15, 0.2) is 5.78 Å². The van der Waals surface area contributed by atoms with Crippen molar-refractivity contribution >= 4 is 11.5 Å². The smallest absolute Gasteiger partial charge is 0.211 e. The van der Waals surface area contributed by atoms with Gasteiger partial charge >= 0.3 is 0 Å². The number of Topliss-reactive ketones (excluding diaryl/α,β-unsaturated/α-hetero) is 1. The molecule has 0 amide bonds. The number of nitrogens with zero attached hydrogens (tertiary/aromatic N) is 3. The number of aromatic nitrogens is 2. The van der Waals surface area contributed by atoms with Crippen molar-refractivity contribution in [2.45, 2.75) is 25.8 Å². The third kappa shape index (κ3) is 4.71. The number of piperidine rings is 1. The molecule has 1 unspecified atom stereocenters. The van der Waals surface area contributed by atoms with E-state index in [1.54, 1.807) is 6.07 Å². The number of hydrogen-bond donors (Lipinski definition) is 2. The number of likely N-dealkylation sites (tertiary alicyclic amines) is 1. The summed E-state index contributed by atoms with van der Waals surface area (Å²) in [5.74, 6) is -1.14. The van der Waals surface area contributed by atoms with Crippen LogP contribution < -0.4 is 10.2 Å². The molecule has 1 atom stereocenters. The molecule has 0 aliphatic carbocycles. The normalized spacial score (nSPS) is 16.8. The van der Waals surface area contributed by atoms with Crippen LogP contribution in [0.4, 0.5) is 10.1 Å². The Morgan fingerprint density at radius 1 is 1.44 bits per heavy atom. The van der Waals surface area contributed by atoms with Crippen molar-refractivity contribution in [2.75, 3.05) is 25.0 Å². The summed E-state index contributed by atoms with van der Waals surface area (Å²) in [6, 6.07) is 5.45. The van der Waals surface area contributed by atoms with Crippen LogP contribution >= 0.6 is 0 Å². The van der Waals surface area contributed by atoms with Crippen molar-refractivity contribution < 1.29 is 19.1 Å². The molecule has 2 N–H and O–H groups in total. The van der Waals surface area contributed by atoms with Gasteiger partial charge in [-0.2, -0.15) is 0 Å². The van der Waals surface area contributed by atoms with Crippen LogP contribution in [0.5, 0.6) is 5.75 Å². The molecule has 144 valence electrons. The largest absolute Gasteiger partial charge is 0.594 e. The predicted octanol–water partition coefficient (Wildman–Crippen LogP) is 1.95. The maximum Gasteiger partial charge on any atom is 0.211 e. The fourth-order valence-corrected chi connectivity index (χ4v) is 3.38. The third-order valence-corrected chi connectivity index (χ3v) is 5.04. The fraction of sp³-hybridized carbons (Fsp3) is 0.421. The van der Waals surface area contributed by atoms with E-state index in [1.165, 1.54) is 24.5 Å². The Morgan fingerprint density at radius 2 is 2.19 bits per heavy atom. The summed E-state index contributed by atoms with van der Waals surface area (Å²) in [6.45, 7) is 4.34. The summed E-state index contributed by atoms with van der Waals surface area (Å²) in [5.41, 5.74) is 0.975. The quantitative estimate of drug-likeness (QED) is 0.456. The molecule has 1 aliphatic heterocycles. The van der Waals surface area contributed by atoms with Gasteiger partial charge in [-0.1, -0.05) is 4.85 Å². The second-order valence-corrected chi connectivity index (χ2v) is 6.88. The number of ketones is 1. The number of hydrogen-bond acceptors (Lipinski definition) is 6. The molecule has 0 bridgehead atoms. The van der Waals surface area contributed by atoms with Gasteiger partial charge in [0.1, 0.15) is 17.8 Å².